The Kier molecular flexibility index (Phi) is 3.52. The molecule has 2 aliphatic rings. The number of anilines is 1. The fourth-order valence-electron chi connectivity index (χ4n) is 3.54. The number of rotatable bonds is 2. The monoisotopic (exact) mass is 340 g/mol. The number of benzene rings is 1. The Morgan fingerprint density at radius 2 is 2.04 bits per heavy atom. The summed E-state index contributed by atoms with van der Waals surface area (Å²) in [6.07, 6.45) is 0.508. The van der Waals surface area contributed by atoms with E-state index in [0.717, 1.165) is 24.5 Å². The van der Waals surface area contributed by atoms with Gasteiger partial charge < -0.3 is 19.6 Å². The van der Waals surface area contributed by atoms with Crippen molar-refractivity contribution < 1.29 is 14.6 Å². The quantitative estimate of drug-likeness (QED) is 0.903. The lowest BCUT2D eigenvalue weighted by Crippen LogP contribution is -2.37. The van der Waals surface area contributed by atoms with Gasteiger partial charge in [0.15, 0.2) is 11.4 Å². The lowest BCUT2D eigenvalue weighted by atomic mass is 10.0. The number of aryl methyl sites for hydroxylation is 1. The highest BCUT2D eigenvalue weighted by Gasteiger charge is 2.48. The Morgan fingerprint density at radius 3 is 2.76 bits per heavy atom. The highest BCUT2D eigenvalue weighted by Crippen LogP contribution is 2.35. The van der Waals surface area contributed by atoms with Gasteiger partial charge in [0, 0.05) is 31.8 Å². The third-order valence-electron chi connectivity index (χ3n) is 4.77. The first-order chi connectivity index (χ1) is 12.0. The summed E-state index contributed by atoms with van der Waals surface area (Å²) in [5, 5.41) is 10.1. The molecular formula is C18H20N4O3. The predicted molar refractivity (Wildman–Crippen MR) is 92.5 cm³/mol. The smallest absolute Gasteiger partial charge is 0.410 e. The molecule has 0 unspecified atom stereocenters. The van der Waals surface area contributed by atoms with E-state index < -0.39 is 5.60 Å². The van der Waals surface area contributed by atoms with Crippen LogP contribution in [0.3, 0.4) is 0 Å². The zero-order valence-electron chi connectivity index (χ0n) is 14.3. The Morgan fingerprint density at radius 1 is 1.24 bits per heavy atom. The van der Waals surface area contributed by atoms with E-state index in [1.54, 1.807) is 30.1 Å². The van der Waals surface area contributed by atoms with Crippen molar-refractivity contribution in [1.29, 1.82) is 0 Å². The van der Waals surface area contributed by atoms with E-state index in [1.165, 1.54) is 0 Å². The van der Waals surface area contributed by atoms with Crippen LogP contribution in [0, 0.1) is 6.92 Å². The number of carbonyl (C=O) groups excluding carboxylic acids is 1. The summed E-state index contributed by atoms with van der Waals surface area (Å²) in [5.41, 5.74) is 0.970. The van der Waals surface area contributed by atoms with E-state index in [0.29, 0.717) is 24.5 Å². The fraction of sp³-hybridized carbons (Fsp3) is 0.389. The number of hydrogen-bond donors (Lipinski definition) is 1. The van der Waals surface area contributed by atoms with Crippen LogP contribution in [0.25, 0.3) is 11.4 Å². The first kappa shape index (κ1) is 15.7. The van der Waals surface area contributed by atoms with Gasteiger partial charge in [0.05, 0.1) is 18.7 Å². The topological polar surface area (TPSA) is 78.8 Å². The van der Waals surface area contributed by atoms with Gasteiger partial charge in [-0.25, -0.2) is 14.8 Å². The molecule has 130 valence electrons. The van der Waals surface area contributed by atoms with E-state index in [-0.39, 0.29) is 11.8 Å². The molecule has 1 aromatic carbocycles. The molecule has 3 heterocycles. The van der Waals surface area contributed by atoms with Crippen LogP contribution in [0.2, 0.25) is 0 Å². The number of amides is 1. The molecule has 2 saturated heterocycles. The van der Waals surface area contributed by atoms with Crippen LogP contribution in [-0.2, 0) is 4.74 Å². The molecule has 1 spiro atoms. The average molecular weight is 340 g/mol. The summed E-state index contributed by atoms with van der Waals surface area (Å²) in [4.78, 5) is 24.6. The van der Waals surface area contributed by atoms with E-state index >= 15 is 0 Å². The van der Waals surface area contributed by atoms with Crippen molar-refractivity contribution in [1.82, 2.24) is 14.9 Å². The van der Waals surface area contributed by atoms with Crippen molar-refractivity contribution in [2.75, 3.05) is 31.6 Å². The summed E-state index contributed by atoms with van der Waals surface area (Å²) in [7, 11) is 1.75. The number of ether oxygens (including phenoxy) is 1. The summed E-state index contributed by atoms with van der Waals surface area (Å²) in [5.74, 6) is 1.44. The molecule has 1 N–H and O–H groups in total. The highest BCUT2D eigenvalue weighted by atomic mass is 16.6. The number of aromatic hydroxyl groups is 1. The Bertz CT molecular complexity index is 841. The number of carbonyl (C=O) groups is 1. The minimum Gasteiger partial charge on any atom is -0.507 e. The molecule has 0 radical (unpaired) electrons. The second-order valence-corrected chi connectivity index (χ2v) is 6.79. The minimum absolute atomic E-state index is 0.156. The van der Waals surface area contributed by atoms with Gasteiger partial charge >= 0.3 is 6.09 Å². The molecule has 0 aliphatic carbocycles. The lowest BCUT2D eigenvalue weighted by molar-refractivity contribution is 0.0741. The number of hydrogen-bond acceptors (Lipinski definition) is 6. The van der Waals surface area contributed by atoms with Crippen molar-refractivity contribution in [3.8, 4) is 17.1 Å². The molecule has 25 heavy (non-hydrogen) atoms. The van der Waals surface area contributed by atoms with Gasteiger partial charge in [-0.3, -0.25) is 0 Å². The second kappa shape index (κ2) is 5.61. The van der Waals surface area contributed by atoms with E-state index in [4.69, 9.17) is 4.74 Å². The summed E-state index contributed by atoms with van der Waals surface area (Å²) < 4.78 is 5.60. The van der Waals surface area contributed by atoms with Crippen molar-refractivity contribution in [3.05, 3.63) is 36.0 Å². The van der Waals surface area contributed by atoms with Crippen LogP contribution < -0.4 is 4.90 Å². The van der Waals surface area contributed by atoms with Gasteiger partial charge in [-0.2, -0.15) is 0 Å². The molecule has 0 bridgehead atoms. The third-order valence-corrected chi connectivity index (χ3v) is 4.77. The average Bonchev–Trinajstić information content (AvgIpc) is 3.10. The van der Waals surface area contributed by atoms with Gasteiger partial charge in [0.2, 0.25) is 0 Å². The van der Waals surface area contributed by atoms with E-state index in [2.05, 4.69) is 14.9 Å². The number of para-hydroxylation sites is 1. The number of nitrogens with zero attached hydrogens (tertiary/aromatic N) is 4. The van der Waals surface area contributed by atoms with Gasteiger partial charge in [-0.1, -0.05) is 12.1 Å². The molecule has 7 nitrogen and oxygen atoms in total. The number of aromatic nitrogens is 2. The first-order valence-electron chi connectivity index (χ1n) is 8.29. The molecule has 1 atom stereocenters. The van der Waals surface area contributed by atoms with Crippen LogP contribution >= 0.6 is 0 Å². The zero-order valence-corrected chi connectivity index (χ0v) is 14.3. The molecule has 2 aliphatic heterocycles. The Labute approximate surface area is 145 Å². The van der Waals surface area contributed by atoms with Crippen LogP contribution in [0.4, 0.5) is 10.6 Å². The summed E-state index contributed by atoms with van der Waals surface area (Å²) in [6.45, 7) is 3.88. The molecule has 2 fully saturated rings. The van der Waals surface area contributed by atoms with Gasteiger partial charge in [-0.15, -0.1) is 0 Å². The first-order valence-corrected chi connectivity index (χ1v) is 8.29. The number of phenols is 1. The third kappa shape index (κ3) is 2.75. The molecule has 7 heteroatoms. The predicted octanol–water partition coefficient (Wildman–Crippen LogP) is 2.19. The van der Waals surface area contributed by atoms with E-state index in [1.807, 2.05) is 19.1 Å². The van der Waals surface area contributed by atoms with Gasteiger partial charge in [0.25, 0.3) is 0 Å². The molecule has 1 aromatic heterocycles. The highest BCUT2D eigenvalue weighted by molar-refractivity contribution is 5.71. The number of phenolic OH excluding ortho intramolecular Hbond substituents is 1. The van der Waals surface area contributed by atoms with Crippen LogP contribution in [0.1, 0.15) is 12.1 Å². The second-order valence-electron chi connectivity index (χ2n) is 6.79. The zero-order chi connectivity index (χ0) is 17.6. The maximum atomic E-state index is 11.7. The molecule has 2 aromatic rings. The fourth-order valence-corrected chi connectivity index (χ4v) is 3.54. The van der Waals surface area contributed by atoms with Crippen LogP contribution in [-0.4, -0.2) is 58.4 Å². The van der Waals surface area contributed by atoms with Gasteiger partial charge in [-0.05, 0) is 19.1 Å². The van der Waals surface area contributed by atoms with E-state index in [9.17, 15) is 9.90 Å². The minimum atomic E-state index is -0.459. The Balaban J connectivity index is 1.64. The Hall–Kier alpha value is -2.83. The maximum absolute atomic E-state index is 11.7. The normalized spacial score (nSPS) is 22.7. The van der Waals surface area contributed by atoms with Gasteiger partial charge in [0.1, 0.15) is 11.6 Å². The van der Waals surface area contributed by atoms with Crippen LogP contribution in [0.15, 0.2) is 30.3 Å². The van der Waals surface area contributed by atoms with Crippen molar-refractivity contribution in [2.45, 2.75) is 18.9 Å². The molecule has 4 rings (SSSR count). The molecule has 1 amide bonds. The van der Waals surface area contributed by atoms with Crippen molar-refractivity contribution in [3.63, 3.8) is 0 Å². The molecular weight excluding hydrogens is 320 g/mol. The van der Waals surface area contributed by atoms with Crippen molar-refractivity contribution in [2.24, 2.45) is 0 Å². The number of likely N-dealkylation sites (N-methyl/N-ethyl adjacent to an activating group) is 1. The lowest BCUT2D eigenvalue weighted by Gasteiger charge is -2.22. The van der Waals surface area contributed by atoms with Crippen molar-refractivity contribution >= 4 is 11.9 Å². The SMILES string of the molecule is Cc1cc(N2CC[C@]3(CN(C)C(=O)O3)C2)nc(-c2ccccc2O)n1. The largest absolute Gasteiger partial charge is 0.507 e. The maximum Gasteiger partial charge on any atom is 0.410 e. The van der Waals surface area contributed by atoms with Crippen LogP contribution in [0.5, 0.6) is 5.75 Å². The summed E-state index contributed by atoms with van der Waals surface area (Å²) >= 11 is 0. The standard InChI is InChI=1S/C18H20N4O3/c1-12-9-15(20-16(19-12)13-5-3-4-6-14(13)23)22-8-7-18(11-22)10-21(2)17(24)25-18/h3-6,9,23H,7-8,10-11H2,1-2H3/t18-/m0/s1. The molecule has 0 saturated carbocycles. The summed E-state index contributed by atoms with van der Waals surface area (Å²) in [6, 6.07) is 8.96.